The molecule has 0 aliphatic heterocycles. The fourth-order valence-corrected chi connectivity index (χ4v) is 4.23. The summed E-state index contributed by atoms with van der Waals surface area (Å²) >= 11 is 6.00. The summed E-state index contributed by atoms with van der Waals surface area (Å²) in [4.78, 5) is 0. The Morgan fingerprint density at radius 2 is 1.80 bits per heavy atom. The van der Waals surface area contributed by atoms with E-state index in [1.54, 1.807) is 38.1 Å². The summed E-state index contributed by atoms with van der Waals surface area (Å²) in [5.74, 6) is -0.699. The van der Waals surface area contributed by atoms with E-state index < -0.39 is 31.1 Å². The maximum absolute atomic E-state index is 12.5. The van der Waals surface area contributed by atoms with Gasteiger partial charge < -0.3 is 4.42 Å². The van der Waals surface area contributed by atoms with Crippen molar-refractivity contribution in [3.8, 4) is 0 Å². The SMILES string of the molecule is CC(C)[C@H](NS(=O)(=O)Cc1ccccc1Cl)c1nnc(S(C)(=O)=O)o1. The molecule has 0 aliphatic rings. The fourth-order valence-electron chi connectivity index (χ4n) is 2.02. The zero-order valence-corrected chi connectivity index (χ0v) is 16.2. The van der Waals surface area contributed by atoms with Crippen molar-refractivity contribution < 1.29 is 21.3 Å². The lowest BCUT2D eigenvalue weighted by atomic mass is 10.1. The molecule has 0 spiro atoms. The van der Waals surface area contributed by atoms with Crippen molar-refractivity contribution in [2.75, 3.05) is 6.26 Å². The highest BCUT2D eigenvalue weighted by Gasteiger charge is 2.29. The van der Waals surface area contributed by atoms with E-state index in [1.165, 1.54) is 0 Å². The van der Waals surface area contributed by atoms with Gasteiger partial charge in [0, 0.05) is 11.3 Å². The minimum Gasteiger partial charge on any atom is -0.411 e. The van der Waals surface area contributed by atoms with Gasteiger partial charge in [-0.15, -0.1) is 5.10 Å². The molecule has 0 saturated heterocycles. The largest absolute Gasteiger partial charge is 0.411 e. The molecule has 11 heteroatoms. The Kier molecular flexibility index (Phi) is 5.87. The van der Waals surface area contributed by atoms with Crippen LogP contribution in [-0.2, 0) is 25.6 Å². The Balaban J connectivity index is 2.27. The van der Waals surface area contributed by atoms with E-state index in [0.29, 0.717) is 10.6 Å². The van der Waals surface area contributed by atoms with Crippen LogP contribution in [0, 0.1) is 5.92 Å². The van der Waals surface area contributed by atoms with Crippen molar-refractivity contribution >= 4 is 31.5 Å². The maximum atomic E-state index is 12.5. The van der Waals surface area contributed by atoms with E-state index in [0.717, 1.165) is 6.26 Å². The third-order valence-electron chi connectivity index (χ3n) is 3.28. The van der Waals surface area contributed by atoms with Crippen molar-refractivity contribution in [1.82, 2.24) is 14.9 Å². The summed E-state index contributed by atoms with van der Waals surface area (Å²) in [6, 6.07) is 5.74. The lowest BCUT2D eigenvalue weighted by Crippen LogP contribution is -2.33. The number of rotatable bonds is 7. The fraction of sp³-hybridized carbons (Fsp3) is 0.429. The van der Waals surface area contributed by atoms with Crippen LogP contribution < -0.4 is 4.72 Å². The van der Waals surface area contributed by atoms with Crippen LogP contribution >= 0.6 is 11.6 Å². The summed E-state index contributed by atoms with van der Waals surface area (Å²) < 4.78 is 55.4. The summed E-state index contributed by atoms with van der Waals surface area (Å²) in [5, 5.41) is 6.90. The topological polar surface area (TPSA) is 119 Å². The van der Waals surface area contributed by atoms with Crippen LogP contribution in [-0.4, -0.2) is 33.3 Å². The minimum atomic E-state index is -3.79. The standard InChI is InChI=1S/C14H18ClN3O5S2/c1-9(2)12(13-16-17-14(23-13)24(3,19)20)18-25(21,22)8-10-6-4-5-7-11(10)15/h4-7,9,12,18H,8H2,1-3H3/t12-/m0/s1. The molecule has 1 N–H and O–H groups in total. The second-order valence-electron chi connectivity index (χ2n) is 5.87. The number of sulfone groups is 1. The van der Waals surface area contributed by atoms with Crippen LogP contribution in [0.25, 0.3) is 0 Å². The van der Waals surface area contributed by atoms with E-state index in [4.69, 9.17) is 16.0 Å². The highest BCUT2D eigenvalue weighted by molar-refractivity contribution is 7.90. The van der Waals surface area contributed by atoms with Crippen molar-refractivity contribution in [3.05, 3.63) is 40.7 Å². The first-order chi connectivity index (χ1) is 11.5. The minimum absolute atomic E-state index is 0.113. The number of nitrogens with one attached hydrogen (secondary N) is 1. The summed E-state index contributed by atoms with van der Waals surface area (Å²) in [6.45, 7) is 3.49. The molecule has 0 radical (unpaired) electrons. The quantitative estimate of drug-likeness (QED) is 0.744. The predicted molar refractivity (Wildman–Crippen MR) is 92.2 cm³/mol. The number of nitrogens with zero attached hydrogens (tertiary/aromatic N) is 2. The Morgan fingerprint density at radius 3 is 2.32 bits per heavy atom. The zero-order chi connectivity index (χ0) is 18.8. The second kappa shape index (κ2) is 7.40. The molecule has 0 saturated carbocycles. The number of halogens is 1. The van der Waals surface area contributed by atoms with Crippen molar-refractivity contribution in [3.63, 3.8) is 0 Å². The van der Waals surface area contributed by atoms with Crippen LogP contribution in [0.1, 0.15) is 31.3 Å². The third kappa shape index (κ3) is 5.24. The van der Waals surface area contributed by atoms with E-state index in [2.05, 4.69) is 14.9 Å². The Labute approximate surface area is 151 Å². The number of hydrogen-bond acceptors (Lipinski definition) is 7. The number of benzene rings is 1. The van der Waals surface area contributed by atoms with E-state index >= 15 is 0 Å². The molecule has 0 aliphatic carbocycles. The molecule has 1 atom stereocenters. The third-order valence-corrected chi connectivity index (χ3v) is 5.75. The van der Waals surface area contributed by atoms with E-state index in [-0.39, 0.29) is 17.6 Å². The Hall–Kier alpha value is -1.49. The first kappa shape index (κ1) is 19.8. The monoisotopic (exact) mass is 407 g/mol. The van der Waals surface area contributed by atoms with Crippen LogP contribution in [0.15, 0.2) is 33.9 Å². The molecular weight excluding hydrogens is 390 g/mol. The molecule has 0 amide bonds. The first-order valence-corrected chi connectivity index (χ1v) is 11.2. The van der Waals surface area contributed by atoms with Gasteiger partial charge in [-0.1, -0.05) is 48.7 Å². The molecule has 0 bridgehead atoms. The van der Waals surface area contributed by atoms with Gasteiger partial charge in [0.15, 0.2) is 0 Å². The number of aromatic nitrogens is 2. The van der Waals surface area contributed by atoms with Crippen LogP contribution in [0.4, 0.5) is 0 Å². The number of sulfonamides is 1. The number of hydrogen-bond donors (Lipinski definition) is 1. The van der Waals surface area contributed by atoms with Crippen molar-refractivity contribution in [1.29, 1.82) is 0 Å². The predicted octanol–water partition coefficient (Wildman–Crippen LogP) is 1.94. The molecule has 2 rings (SSSR count). The molecule has 8 nitrogen and oxygen atoms in total. The van der Waals surface area contributed by atoms with Gasteiger partial charge in [-0.2, -0.15) is 0 Å². The normalized spacial score (nSPS) is 14.0. The van der Waals surface area contributed by atoms with Gasteiger partial charge in [-0.3, -0.25) is 0 Å². The average molecular weight is 408 g/mol. The summed E-state index contributed by atoms with van der Waals surface area (Å²) in [6.07, 6.45) is 0.927. The van der Waals surface area contributed by atoms with Crippen LogP contribution in [0.3, 0.4) is 0 Å². The maximum Gasteiger partial charge on any atom is 0.335 e. The van der Waals surface area contributed by atoms with Gasteiger partial charge in [0.05, 0.1) is 5.75 Å². The average Bonchev–Trinajstić information content (AvgIpc) is 2.96. The van der Waals surface area contributed by atoms with Gasteiger partial charge in [0.25, 0.3) is 0 Å². The van der Waals surface area contributed by atoms with Gasteiger partial charge in [0.1, 0.15) is 6.04 Å². The van der Waals surface area contributed by atoms with Gasteiger partial charge in [0.2, 0.25) is 25.8 Å². The summed E-state index contributed by atoms with van der Waals surface area (Å²) in [5.41, 5.74) is 0.446. The van der Waals surface area contributed by atoms with Gasteiger partial charge in [-0.25, -0.2) is 21.6 Å². The molecule has 1 aromatic carbocycles. The highest BCUT2D eigenvalue weighted by Crippen LogP contribution is 2.24. The molecule has 0 unspecified atom stereocenters. The van der Waals surface area contributed by atoms with Gasteiger partial charge >= 0.3 is 5.22 Å². The van der Waals surface area contributed by atoms with E-state index in [9.17, 15) is 16.8 Å². The molecule has 2 aromatic rings. The molecule has 25 heavy (non-hydrogen) atoms. The molecule has 138 valence electrons. The molecule has 0 fully saturated rings. The van der Waals surface area contributed by atoms with Crippen LogP contribution in [0.5, 0.6) is 0 Å². The Bertz CT molecular complexity index is 954. The molecular formula is C14H18ClN3O5S2. The lowest BCUT2D eigenvalue weighted by Gasteiger charge is -2.19. The lowest BCUT2D eigenvalue weighted by molar-refractivity contribution is 0.327. The van der Waals surface area contributed by atoms with Crippen molar-refractivity contribution in [2.45, 2.75) is 30.9 Å². The highest BCUT2D eigenvalue weighted by atomic mass is 35.5. The van der Waals surface area contributed by atoms with Crippen molar-refractivity contribution in [2.24, 2.45) is 5.92 Å². The first-order valence-electron chi connectivity index (χ1n) is 7.26. The zero-order valence-electron chi connectivity index (χ0n) is 13.8. The smallest absolute Gasteiger partial charge is 0.335 e. The van der Waals surface area contributed by atoms with E-state index in [1.807, 2.05) is 0 Å². The van der Waals surface area contributed by atoms with Gasteiger partial charge in [-0.05, 0) is 17.5 Å². The summed E-state index contributed by atoms with van der Waals surface area (Å²) in [7, 11) is -7.46. The second-order valence-corrected chi connectivity index (χ2v) is 9.92. The van der Waals surface area contributed by atoms with Crippen LogP contribution in [0.2, 0.25) is 5.02 Å². The molecule has 1 heterocycles. The molecule has 1 aromatic heterocycles. The Morgan fingerprint density at radius 1 is 1.16 bits per heavy atom.